The molecule has 0 unspecified atom stereocenters. The Hall–Kier alpha value is -3.61. The van der Waals surface area contributed by atoms with Crippen molar-refractivity contribution >= 4 is 17.5 Å². The molecule has 2 N–H and O–H groups in total. The highest BCUT2D eigenvalue weighted by Gasteiger charge is 2.30. The number of aromatic nitrogens is 4. The molecule has 1 amide bonds. The Morgan fingerprint density at radius 3 is 2.70 bits per heavy atom. The predicted molar refractivity (Wildman–Crippen MR) is 114 cm³/mol. The molecule has 0 atom stereocenters. The highest BCUT2D eigenvalue weighted by molar-refractivity contribution is 5.92. The van der Waals surface area contributed by atoms with E-state index in [0.29, 0.717) is 18.2 Å². The highest BCUT2D eigenvalue weighted by atomic mass is 16.5. The number of nitrogens with one attached hydrogen (secondary N) is 2. The van der Waals surface area contributed by atoms with Crippen LogP contribution in [-0.2, 0) is 11.4 Å². The minimum absolute atomic E-state index is 0.00168. The average Bonchev–Trinajstić information content (AvgIpc) is 3.43. The molecule has 0 bridgehead atoms. The van der Waals surface area contributed by atoms with E-state index in [2.05, 4.69) is 33.4 Å². The summed E-state index contributed by atoms with van der Waals surface area (Å²) in [6.07, 6.45) is 1.89. The van der Waals surface area contributed by atoms with Crippen LogP contribution >= 0.6 is 0 Å². The van der Waals surface area contributed by atoms with E-state index < -0.39 is 0 Å². The molecular formula is C23H23N5O2. The Labute approximate surface area is 174 Å². The number of anilines is 1. The third-order valence-electron chi connectivity index (χ3n) is 5.34. The van der Waals surface area contributed by atoms with Gasteiger partial charge in [0.05, 0.1) is 5.69 Å². The summed E-state index contributed by atoms with van der Waals surface area (Å²) in [5, 5.41) is 7.30. The number of nitrogens with zero attached hydrogens (tertiary/aromatic N) is 3. The van der Waals surface area contributed by atoms with Crippen LogP contribution in [0.25, 0.3) is 16.9 Å². The van der Waals surface area contributed by atoms with E-state index in [0.717, 1.165) is 46.8 Å². The van der Waals surface area contributed by atoms with Gasteiger partial charge in [0.2, 0.25) is 11.9 Å². The Morgan fingerprint density at radius 1 is 1.20 bits per heavy atom. The fourth-order valence-corrected chi connectivity index (χ4v) is 3.55. The van der Waals surface area contributed by atoms with Gasteiger partial charge in [-0.15, -0.1) is 5.10 Å². The lowest BCUT2D eigenvalue weighted by molar-refractivity contribution is -0.117. The van der Waals surface area contributed by atoms with Crippen LogP contribution in [0, 0.1) is 19.8 Å². The molecule has 1 aromatic carbocycles. The Balaban J connectivity index is 1.35. The maximum atomic E-state index is 12.0. The SMILES string of the molecule is Cc1cc(COc2ccc(-c3cccc4nc(NC(=O)C5CC5)nn34)cc2)c(C)[nH]1. The number of aryl methyl sites for hydroxylation is 2. The minimum Gasteiger partial charge on any atom is -0.489 e. The summed E-state index contributed by atoms with van der Waals surface area (Å²) in [7, 11) is 0. The Kier molecular flexibility index (Phi) is 4.50. The summed E-state index contributed by atoms with van der Waals surface area (Å²) in [5.74, 6) is 1.26. The number of amides is 1. The number of hydrogen-bond donors (Lipinski definition) is 2. The monoisotopic (exact) mass is 401 g/mol. The van der Waals surface area contributed by atoms with Gasteiger partial charge in [-0.1, -0.05) is 6.07 Å². The Morgan fingerprint density at radius 2 is 2.00 bits per heavy atom. The lowest BCUT2D eigenvalue weighted by atomic mass is 10.1. The molecule has 0 aliphatic heterocycles. The summed E-state index contributed by atoms with van der Waals surface area (Å²) in [4.78, 5) is 19.7. The Bertz CT molecular complexity index is 1220. The van der Waals surface area contributed by atoms with Crippen molar-refractivity contribution in [2.75, 3.05) is 5.32 Å². The van der Waals surface area contributed by atoms with Gasteiger partial charge in [0.1, 0.15) is 12.4 Å². The van der Waals surface area contributed by atoms with Crippen molar-refractivity contribution in [2.45, 2.75) is 33.3 Å². The molecule has 5 rings (SSSR count). The zero-order valence-electron chi connectivity index (χ0n) is 17.0. The molecule has 1 fully saturated rings. The van der Waals surface area contributed by atoms with Gasteiger partial charge in [0.25, 0.3) is 0 Å². The van der Waals surface area contributed by atoms with Gasteiger partial charge in [0.15, 0.2) is 5.65 Å². The van der Waals surface area contributed by atoms with Crippen molar-refractivity contribution in [3.63, 3.8) is 0 Å². The summed E-state index contributed by atoms with van der Waals surface area (Å²) < 4.78 is 7.69. The number of aromatic amines is 1. The number of rotatable bonds is 6. The second kappa shape index (κ2) is 7.33. The van der Waals surface area contributed by atoms with Crippen molar-refractivity contribution in [3.05, 3.63) is 65.5 Å². The molecule has 7 heteroatoms. The van der Waals surface area contributed by atoms with E-state index in [1.54, 1.807) is 4.52 Å². The second-order valence-electron chi connectivity index (χ2n) is 7.80. The van der Waals surface area contributed by atoms with E-state index >= 15 is 0 Å². The summed E-state index contributed by atoms with van der Waals surface area (Å²) in [5.41, 5.74) is 6.01. The van der Waals surface area contributed by atoms with Crippen LogP contribution in [-0.4, -0.2) is 25.5 Å². The molecule has 152 valence electrons. The van der Waals surface area contributed by atoms with E-state index in [1.807, 2.05) is 49.4 Å². The van der Waals surface area contributed by atoms with E-state index in [-0.39, 0.29) is 11.8 Å². The molecule has 30 heavy (non-hydrogen) atoms. The number of hydrogen-bond acceptors (Lipinski definition) is 4. The first-order chi connectivity index (χ1) is 14.6. The van der Waals surface area contributed by atoms with Crippen molar-refractivity contribution < 1.29 is 9.53 Å². The first kappa shape index (κ1) is 18.4. The summed E-state index contributed by atoms with van der Waals surface area (Å²) >= 11 is 0. The third-order valence-corrected chi connectivity index (χ3v) is 5.34. The fourth-order valence-electron chi connectivity index (χ4n) is 3.55. The lowest BCUT2D eigenvalue weighted by Crippen LogP contribution is -2.14. The maximum absolute atomic E-state index is 12.0. The van der Waals surface area contributed by atoms with Crippen LogP contribution in [0.15, 0.2) is 48.5 Å². The third kappa shape index (κ3) is 3.66. The molecule has 3 aromatic heterocycles. The topological polar surface area (TPSA) is 84.3 Å². The van der Waals surface area contributed by atoms with Gasteiger partial charge < -0.3 is 9.72 Å². The van der Waals surface area contributed by atoms with Crippen molar-refractivity contribution in [1.29, 1.82) is 0 Å². The summed E-state index contributed by atoms with van der Waals surface area (Å²) in [6.45, 7) is 4.62. The highest BCUT2D eigenvalue weighted by Crippen LogP contribution is 2.30. The number of pyridine rings is 1. The molecule has 1 saturated carbocycles. The van der Waals surface area contributed by atoms with Crippen LogP contribution < -0.4 is 10.1 Å². The molecule has 7 nitrogen and oxygen atoms in total. The van der Waals surface area contributed by atoms with E-state index in [9.17, 15) is 4.79 Å². The van der Waals surface area contributed by atoms with Crippen LogP contribution in [0.5, 0.6) is 5.75 Å². The number of ether oxygens (including phenoxy) is 1. The first-order valence-electron chi connectivity index (χ1n) is 10.1. The van der Waals surface area contributed by atoms with Gasteiger partial charge in [-0.2, -0.15) is 4.98 Å². The van der Waals surface area contributed by atoms with Gasteiger partial charge in [0, 0.05) is 28.4 Å². The predicted octanol–water partition coefficient (Wildman–Crippen LogP) is 4.27. The van der Waals surface area contributed by atoms with Gasteiger partial charge in [-0.05, 0) is 69.2 Å². The standard InChI is InChI=1S/C23H23N5O2/c1-14-12-18(15(2)24-14)13-30-19-10-8-16(9-11-19)20-4-3-5-21-25-23(27-28(20)21)26-22(29)17-6-7-17/h3-5,8-12,17,24H,6-7,13H2,1-2H3,(H,26,27,29). The lowest BCUT2D eigenvalue weighted by Gasteiger charge is -2.08. The first-order valence-corrected chi connectivity index (χ1v) is 10.1. The number of carbonyl (C=O) groups excluding carboxylic acids is 1. The zero-order chi connectivity index (χ0) is 20.7. The molecule has 1 aliphatic rings. The quantitative estimate of drug-likeness (QED) is 0.505. The van der Waals surface area contributed by atoms with Crippen LogP contribution in [0.3, 0.4) is 0 Å². The smallest absolute Gasteiger partial charge is 0.249 e. The molecule has 0 saturated heterocycles. The molecule has 3 heterocycles. The fraction of sp³-hybridized carbons (Fsp3) is 0.261. The average molecular weight is 401 g/mol. The van der Waals surface area contributed by atoms with Crippen molar-refractivity contribution in [2.24, 2.45) is 5.92 Å². The van der Waals surface area contributed by atoms with Gasteiger partial charge in [-0.25, -0.2) is 4.52 Å². The van der Waals surface area contributed by atoms with E-state index in [1.165, 1.54) is 0 Å². The molecule has 1 aliphatic carbocycles. The van der Waals surface area contributed by atoms with Gasteiger partial charge in [-0.3, -0.25) is 10.1 Å². The molecule has 0 spiro atoms. The normalized spacial score (nSPS) is 13.5. The maximum Gasteiger partial charge on any atom is 0.249 e. The van der Waals surface area contributed by atoms with Crippen LogP contribution in [0.2, 0.25) is 0 Å². The largest absolute Gasteiger partial charge is 0.489 e. The zero-order valence-corrected chi connectivity index (χ0v) is 17.0. The van der Waals surface area contributed by atoms with Crippen LogP contribution in [0.1, 0.15) is 29.8 Å². The van der Waals surface area contributed by atoms with Gasteiger partial charge >= 0.3 is 0 Å². The number of benzene rings is 1. The van der Waals surface area contributed by atoms with Crippen molar-refractivity contribution in [1.82, 2.24) is 19.6 Å². The molecule has 0 radical (unpaired) electrons. The number of fused-ring (bicyclic) bond motifs is 1. The second-order valence-corrected chi connectivity index (χ2v) is 7.80. The molecular weight excluding hydrogens is 378 g/mol. The van der Waals surface area contributed by atoms with Crippen LogP contribution in [0.4, 0.5) is 5.95 Å². The summed E-state index contributed by atoms with van der Waals surface area (Å²) in [6, 6.07) is 15.8. The van der Waals surface area contributed by atoms with E-state index in [4.69, 9.17) is 4.74 Å². The number of carbonyl (C=O) groups is 1. The number of H-pyrrole nitrogens is 1. The minimum atomic E-state index is 0.00168. The molecule has 4 aromatic rings. The van der Waals surface area contributed by atoms with Crippen molar-refractivity contribution in [3.8, 4) is 17.0 Å².